The number of nitrogens with zero attached hydrogens (tertiary/aromatic N) is 1. The standard InChI is InChI=1S/C21H17N3O5/c1-27-21(26)15-4-2-3-5-16(15)24-20(25)13-8-9-22-19(10-13)23-14-6-7-17-18(11-14)29-12-28-17/h2-11H,12H2,1H3,(H,22,23)(H,24,25). The lowest BCUT2D eigenvalue weighted by atomic mass is 10.1. The number of fused-ring (bicyclic) bond motifs is 1. The van der Waals surface area contributed by atoms with E-state index in [0.717, 1.165) is 5.69 Å². The maximum absolute atomic E-state index is 12.7. The Labute approximate surface area is 166 Å². The number of methoxy groups -OCH3 is 1. The molecule has 146 valence electrons. The number of para-hydroxylation sites is 1. The van der Waals surface area contributed by atoms with Gasteiger partial charge in [0, 0.05) is 23.5 Å². The van der Waals surface area contributed by atoms with E-state index in [0.29, 0.717) is 28.6 Å². The zero-order chi connectivity index (χ0) is 20.2. The highest BCUT2D eigenvalue weighted by molar-refractivity contribution is 6.08. The van der Waals surface area contributed by atoms with Crippen LogP contribution < -0.4 is 20.1 Å². The number of esters is 1. The van der Waals surface area contributed by atoms with E-state index in [1.54, 1.807) is 48.5 Å². The van der Waals surface area contributed by atoms with E-state index in [1.807, 2.05) is 6.07 Å². The average Bonchev–Trinajstić information content (AvgIpc) is 3.21. The van der Waals surface area contributed by atoms with E-state index in [1.165, 1.54) is 13.3 Å². The van der Waals surface area contributed by atoms with Gasteiger partial charge in [0.2, 0.25) is 6.79 Å². The molecule has 0 bridgehead atoms. The van der Waals surface area contributed by atoms with Crippen molar-refractivity contribution >= 4 is 29.1 Å². The molecule has 0 aliphatic carbocycles. The van der Waals surface area contributed by atoms with Gasteiger partial charge in [0.05, 0.1) is 18.4 Å². The Morgan fingerprint density at radius 2 is 1.86 bits per heavy atom. The van der Waals surface area contributed by atoms with E-state index in [-0.39, 0.29) is 18.3 Å². The normalized spacial score (nSPS) is 11.6. The Bertz CT molecular complexity index is 1080. The number of benzene rings is 2. The Kier molecular flexibility index (Phi) is 4.98. The van der Waals surface area contributed by atoms with Crippen molar-refractivity contribution in [3.8, 4) is 11.5 Å². The second-order valence-electron chi connectivity index (χ2n) is 6.11. The maximum Gasteiger partial charge on any atom is 0.339 e. The summed E-state index contributed by atoms with van der Waals surface area (Å²) in [5, 5.41) is 5.87. The van der Waals surface area contributed by atoms with Crippen LogP contribution in [0, 0.1) is 0 Å². The van der Waals surface area contributed by atoms with Crippen molar-refractivity contribution in [2.24, 2.45) is 0 Å². The molecule has 2 N–H and O–H groups in total. The van der Waals surface area contributed by atoms with E-state index < -0.39 is 5.97 Å². The number of anilines is 3. The Morgan fingerprint density at radius 1 is 1.03 bits per heavy atom. The molecule has 8 heteroatoms. The van der Waals surface area contributed by atoms with Crippen LogP contribution in [0.25, 0.3) is 0 Å². The molecule has 0 spiro atoms. The first-order chi connectivity index (χ1) is 14.1. The molecule has 2 aromatic carbocycles. The Balaban J connectivity index is 1.52. The molecule has 1 aliphatic heterocycles. The monoisotopic (exact) mass is 391 g/mol. The van der Waals surface area contributed by atoms with Gasteiger partial charge < -0.3 is 24.8 Å². The molecule has 0 fully saturated rings. The number of carbonyl (C=O) groups is 2. The van der Waals surface area contributed by atoms with Crippen LogP contribution in [0.1, 0.15) is 20.7 Å². The summed E-state index contributed by atoms with van der Waals surface area (Å²) < 4.78 is 15.4. The number of carbonyl (C=O) groups excluding carboxylic acids is 2. The highest BCUT2D eigenvalue weighted by atomic mass is 16.7. The van der Waals surface area contributed by atoms with Crippen molar-refractivity contribution in [3.05, 3.63) is 71.9 Å². The number of amides is 1. The van der Waals surface area contributed by atoms with Crippen LogP contribution in [0.5, 0.6) is 11.5 Å². The molecular weight excluding hydrogens is 374 g/mol. The molecule has 2 heterocycles. The lowest BCUT2D eigenvalue weighted by Crippen LogP contribution is -2.15. The van der Waals surface area contributed by atoms with Crippen LogP contribution in [-0.2, 0) is 4.74 Å². The first-order valence-electron chi connectivity index (χ1n) is 8.75. The van der Waals surface area contributed by atoms with Crippen molar-refractivity contribution in [3.63, 3.8) is 0 Å². The second-order valence-corrected chi connectivity index (χ2v) is 6.11. The van der Waals surface area contributed by atoms with Gasteiger partial charge in [-0.1, -0.05) is 12.1 Å². The molecule has 0 unspecified atom stereocenters. The van der Waals surface area contributed by atoms with Gasteiger partial charge in [-0.3, -0.25) is 4.79 Å². The zero-order valence-corrected chi connectivity index (χ0v) is 15.5. The van der Waals surface area contributed by atoms with Crippen LogP contribution in [0.4, 0.5) is 17.2 Å². The summed E-state index contributed by atoms with van der Waals surface area (Å²) in [6.45, 7) is 0.194. The number of nitrogens with one attached hydrogen (secondary N) is 2. The molecule has 1 amide bonds. The highest BCUT2D eigenvalue weighted by Gasteiger charge is 2.16. The fourth-order valence-electron chi connectivity index (χ4n) is 2.84. The maximum atomic E-state index is 12.7. The second kappa shape index (κ2) is 7.89. The van der Waals surface area contributed by atoms with Gasteiger partial charge in [0.25, 0.3) is 5.91 Å². The summed E-state index contributed by atoms with van der Waals surface area (Å²) in [4.78, 5) is 28.8. The smallest absolute Gasteiger partial charge is 0.339 e. The number of rotatable bonds is 5. The molecule has 0 saturated heterocycles. The molecule has 1 aliphatic rings. The third-order valence-electron chi connectivity index (χ3n) is 4.25. The van der Waals surface area contributed by atoms with Crippen molar-refractivity contribution in [1.29, 1.82) is 0 Å². The van der Waals surface area contributed by atoms with Gasteiger partial charge in [0.15, 0.2) is 11.5 Å². The molecular formula is C21H17N3O5. The topological polar surface area (TPSA) is 98.8 Å². The van der Waals surface area contributed by atoms with Crippen LogP contribution in [0.3, 0.4) is 0 Å². The fraction of sp³-hybridized carbons (Fsp3) is 0.0952. The lowest BCUT2D eigenvalue weighted by Gasteiger charge is -2.11. The number of aromatic nitrogens is 1. The predicted molar refractivity (Wildman–Crippen MR) is 106 cm³/mol. The number of ether oxygens (including phenoxy) is 3. The summed E-state index contributed by atoms with van der Waals surface area (Å²) in [7, 11) is 1.29. The summed E-state index contributed by atoms with van der Waals surface area (Å²) in [5.41, 5.74) is 1.76. The average molecular weight is 391 g/mol. The largest absolute Gasteiger partial charge is 0.465 e. The van der Waals surface area contributed by atoms with Gasteiger partial charge in [-0.2, -0.15) is 0 Å². The van der Waals surface area contributed by atoms with Crippen LogP contribution in [-0.4, -0.2) is 30.8 Å². The Hall–Kier alpha value is -4.07. The van der Waals surface area contributed by atoms with E-state index in [2.05, 4.69) is 15.6 Å². The molecule has 3 aromatic rings. The molecule has 4 rings (SSSR count). The van der Waals surface area contributed by atoms with Gasteiger partial charge in [-0.05, 0) is 36.4 Å². The zero-order valence-electron chi connectivity index (χ0n) is 15.5. The molecule has 0 radical (unpaired) electrons. The van der Waals surface area contributed by atoms with Gasteiger partial charge >= 0.3 is 5.97 Å². The Morgan fingerprint density at radius 3 is 2.72 bits per heavy atom. The van der Waals surface area contributed by atoms with Gasteiger partial charge in [-0.15, -0.1) is 0 Å². The van der Waals surface area contributed by atoms with E-state index in [4.69, 9.17) is 14.2 Å². The van der Waals surface area contributed by atoms with E-state index in [9.17, 15) is 9.59 Å². The first-order valence-corrected chi connectivity index (χ1v) is 8.75. The SMILES string of the molecule is COC(=O)c1ccccc1NC(=O)c1ccnc(Nc2ccc3c(c2)OCO3)c1. The third-order valence-corrected chi connectivity index (χ3v) is 4.25. The first kappa shape index (κ1) is 18.3. The quantitative estimate of drug-likeness (QED) is 0.641. The van der Waals surface area contributed by atoms with E-state index >= 15 is 0 Å². The minimum absolute atomic E-state index is 0.194. The fourth-order valence-corrected chi connectivity index (χ4v) is 2.84. The van der Waals surface area contributed by atoms with Crippen molar-refractivity contribution < 1.29 is 23.8 Å². The van der Waals surface area contributed by atoms with Gasteiger partial charge in [0.1, 0.15) is 5.82 Å². The molecule has 8 nitrogen and oxygen atoms in total. The minimum atomic E-state index is -0.527. The highest BCUT2D eigenvalue weighted by Crippen LogP contribution is 2.35. The number of pyridine rings is 1. The van der Waals surface area contributed by atoms with Crippen LogP contribution >= 0.6 is 0 Å². The van der Waals surface area contributed by atoms with Crippen molar-refractivity contribution in [1.82, 2.24) is 4.98 Å². The predicted octanol–water partition coefficient (Wildman–Crippen LogP) is 3.59. The lowest BCUT2D eigenvalue weighted by molar-refractivity contribution is 0.0602. The summed E-state index contributed by atoms with van der Waals surface area (Å²) in [6, 6.07) is 15.3. The molecule has 1 aromatic heterocycles. The van der Waals surface area contributed by atoms with Crippen molar-refractivity contribution in [2.45, 2.75) is 0 Å². The van der Waals surface area contributed by atoms with Gasteiger partial charge in [-0.25, -0.2) is 9.78 Å². The summed E-state index contributed by atoms with van der Waals surface area (Å²) >= 11 is 0. The van der Waals surface area contributed by atoms with Crippen LogP contribution in [0.2, 0.25) is 0 Å². The number of hydrogen-bond donors (Lipinski definition) is 2. The third kappa shape index (κ3) is 3.96. The van der Waals surface area contributed by atoms with Crippen molar-refractivity contribution in [2.75, 3.05) is 24.5 Å². The summed E-state index contributed by atoms with van der Waals surface area (Å²) in [5.74, 6) is 0.903. The van der Waals surface area contributed by atoms with Crippen LogP contribution in [0.15, 0.2) is 60.8 Å². The minimum Gasteiger partial charge on any atom is -0.465 e. The molecule has 0 saturated carbocycles. The summed E-state index contributed by atoms with van der Waals surface area (Å²) in [6.07, 6.45) is 1.52. The molecule has 0 atom stereocenters. The molecule has 29 heavy (non-hydrogen) atoms. The number of hydrogen-bond acceptors (Lipinski definition) is 7.